The van der Waals surface area contributed by atoms with Crippen LogP contribution in [0.3, 0.4) is 0 Å². The van der Waals surface area contributed by atoms with Crippen molar-refractivity contribution in [1.29, 1.82) is 5.26 Å². The summed E-state index contributed by atoms with van der Waals surface area (Å²) < 4.78 is 67.4. The van der Waals surface area contributed by atoms with Gasteiger partial charge < -0.3 is 0 Å². The second-order valence-corrected chi connectivity index (χ2v) is 8.89. The standard InChI is InChI=1S/C20H16F3N5O2S/c21-20(22,23)16-11-15(9-8-14(16)12-24)31(29,30)28-10-4-7-17(28)19-25-18(26-27-19)13-5-2-1-3-6-13/h1-3,5-6,8-9,11,17H,4,7,10H2,(H,25,26,27)/t17-/m1/s1. The highest BCUT2D eigenvalue weighted by molar-refractivity contribution is 7.89. The van der Waals surface area contributed by atoms with Crippen LogP contribution in [0.5, 0.6) is 0 Å². The van der Waals surface area contributed by atoms with Crippen molar-refractivity contribution in [2.24, 2.45) is 0 Å². The van der Waals surface area contributed by atoms with E-state index in [9.17, 15) is 21.6 Å². The van der Waals surface area contributed by atoms with Gasteiger partial charge in [0.2, 0.25) is 10.0 Å². The molecule has 1 fully saturated rings. The van der Waals surface area contributed by atoms with E-state index in [-0.39, 0.29) is 6.54 Å². The van der Waals surface area contributed by atoms with Crippen LogP contribution in [0.2, 0.25) is 0 Å². The van der Waals surface area contributed by atoms with Gasteiger partial charge in [0.15, 0.2) is 5.82 Å². The summed E-state index contributed by atoms with van der Waals surface area (Å²) in [5.74, 6) is 0.724. The van der Waals surface area contributed by atoms with Crippen molar-refractivity contribution in [2.45, 2.75) is 30.0 Å². The highest BCUT2D eigenvalue weighted by Gasteiger charge is 2.40. The zero-order valence-corrected chi connectivity index (χ0v) is 16.8. The van der Waals surface area contributed by atoms with Crippen molar-refractivity contribution in [3.63, 3.8) is 0 Å². The largest absolute Gasteiger partial charge is 0.417 e. The first kappa shape index (κ1) is 21.0. The van der Waals surface area contributed by atoms with Crippen LogP contribution in [0, 0.1) is 11.3 Å². The molecule has 1 aliphatic rings. The summed E-state index contributed by atoms with van der Waals surface area (Å²) in [6.45, 7) is 0.135. The quantitative estimate of drug-likeness (QED) is 0.654. The molecule has 31 heavy (non-hydrogen) atoms. The maximum Gasteiger partial charge on any atom is 0.417 e. The molecule has 0 aliphatic carbocycles. The molecule has 1 aliphatic heterocycles. The zero-order valence-electron chi connectivity index (χ0n) is 16.0. The Morgan fingerprint density at radius 1 is 1.16 bits per heavy atom. The third kappa shape index (κ3) is 3.92. The number of aromatic amines is 1. The lowest BCUT2D eigenvalue weighted by molar-refractivity contribution is -0.137. The molecule has 3 aromatic rings. The van der Waals surface area contributed by atoms with Crippen LogP contribution in [-0.2, 0) is 16.2 Å². The summed E-state index contributed by atoms with van der Waals surface area (Å²) in [5.41, 5.74) is -1.16. The van der Waals surface area contributed by atoms with Gasteiger partial charge in [-0.2, -0.15) is 27.8 Å². The maximum atomic E-state index is 13.3. The normalized spacial score (nSPS) is 17.5. The van der Waals surface area contributed by atoms with Gasteiger partial charge >= 0.3 is 6.18 Å². The van der Waals surface area contributed by atoms with Gasteiger partial charge in [0.25, 0.3) is 0 Å². The smallest absolute Gasteiger partial charge is 0.261 e. The van der Waals surface area contributed by atoms with E-state index in [2.05, 4.69) is 15.2 Å². The molecule has 0 unspecified atom stereocenters. The maximum absolute atomic E-state index is 13.3. The molecule has 2 aromatic carbocycles. The fourth-order valence-electron chi connectivity index (χ4n) is 3.59. The molecule has 0 saturated carbocycles. The van der Waals surface area contributed by atoms with Gasteiger partial charge in [-0.1, -0.05) is 30.3 Å². The van der Waals surface area contributed by atoms with Crippen LogP contribution in [0.4, 0.5) is 13.2 Å². The zero-order chi connectivity index (χ0) is 22.2. The minimum atomic E-state index is -4.85. The molecule has 0 amide bonds. The Kier molecular flexibility index (Phi) is 5.28. The van der Waals surface area contributed by atoms with Crippen molar-refractivity contribution in [1.82, 2.24) is 19.5 Å². The molecule has 4 rings (SSSR count). The number of rotatable bonds is 4. The van der Waals surface area contributed by atoms with Crippen LogP contribution in [0.15, 0.2) is 53.4 Å². The number of nitrogens with one attached hydrogen (secondary N) is 1. The lowest BCUT2D eigenvalue weighted by atomic mass is 10.1. The topological polar surface area (TPSA) is 103 Å². The predicted octanol–water partition coefficient (Wildman–Crippen LogP) is 3.89. The van der Waals surface area contributed by atoms with Gasteiger partial charge in [0, 0.05) is 12.1 Å². The number of nitrogens with zero attached hydrogens (tertiary/aromatic N) is 4. The monoisotopic (exact) mass is 447 g/mol. The number of hydrogen-bond donors (Lipinski definition) is 1. The lowest BCUT2D eigenvalue weighted by Gasteiger charge is -2.23. The molecule has 0 spiro atoms. The molecule has 1 aromatic heterocycles. The van der Waals surface area contributed by atoms with Crippen LogP contribution < -0.4 is 0 Å². The molecule has 1 saturated heterocycles. The second-order valence-electron chi connectivity index (χ2n) is 7.00. The van der Waals surface area contributed by atoms with E-state index in [1.54, 1.807) is 0 Å². The molecule has 0 radical (unpaired) electrons. The molecular formula is C20H16F3N5O2S. The van der Waals surface area contributed by atoms with E-state index in [4.69, 9.17) is 5.26 Å². The van der Waals surface area contributed by atoms with Crippen molar-refractivity contribution >= 4 is 10.0 Å². The summed E-state index contributed by atoms with van der Waals surface area (Å²) in [5, 5.41) is 15.9. The Hall–Kier alpha value is -3.23. The van der Waals surface area contributed by atoms with E-state index in [0.29, 0.717) is 30.6 Å². The fraction of sp³-hybridized carbons (Fsp3) is 0.250. The van der Waals surface area contributed by atoms with Gasteiger partial charge in [0.05, 0.1) is 28.1 Å². The summed E-state index contributed by atoms with van der Waals surface area (Å²) >= 11 is 0. The second kappa shape index (κ2) is 7.79. The first-order valence-corrected chi connectivity index (χ1v) is 10.8. The lowest BCUT2D eigenvalue weighted by Crippen LogP contribution is -2.31. The molecule has 1 N–H and O–H groups in total. The average Bonchev–Trinajstić information content (AvgIpc) is 3.43. The Bertz CT molecular complexity index is 1250. The number of nitriles is 1. The van der Waals surface area contributed by atoms with Crippen molar-refractivity contribution in [3.05, 3.63) is 65.5 Å². The van der Waals surface area contributed by atoms with Gasteiger partial charge in [-0.25, -0.2) is 13.4 Å². The third-order valence-corrected chi connectivity index (χ3v) is 6.98. The molecule has 11 heteroatoms. The number of alkyl halides is 3. The summed E-state index contributed by atoms with van der Waals surface area (Å²) in [6, 6.07) is 12.3. The number of sulfonamides is 1. The SMILES string of the molecule is N#Cc1ccc(S(=O)(=O)N2CCC[C@@H]2c2nc(-c3ccccc3)n[nH]2)cc1C(F)(F)F. The molecule has 160 valence electrons. The number of hydrogen-bond acceptors (Lipinski definition) is 5. The van der Waals surface area contributed by atoms with E-state index in [0.717, 1.165) is 22.0 Å². The first-order chi connectivity index (χ1) is 14.7. The molecular weight excluding hydrogens is 431 g/mol. The van der Waals surface area contributed by atoms with Gasteiger partial charge in [-0.15, -0.1) is 0 Å². The Morgan fingerprint density at radius 2 is 1.90 bits per heavy atom. The summed E-state index contributed by atoms with van der Waals surface area (Å²) in [7, 11) is -4.26. The van der Waals surface area contributed by atoms with E-state index in [1.807, 2.05) is 30.3 Å². The summed E-state index contributed by atoms with van der Waals surface area (Å²) in [4.78, 5) is 3.89. The molecule has 2 heterocycles. The number of aromatic nitrogens is 3. The van der Waals surface area contributed by atoms with E-state index in [1.165, 1.54) is 6.07 Å². The van der Waals surface area contributed by atoms with Crippen molar-refractivity contribution in [3.8, 4) is 17.5 Å². The van der Waals surface area contributed by atoms with E-state index >= 15 is 0 Å². The molecule has 0 bridgehead atoms. The van der Waals surface area contributed by atoms with Crippen LogP contribution in [0.1, 0.15) is 35.8 Å². The summed E-state index contributed by atoms with van der Waals surface area (Å²) in [6.07, 6.45) is -3.88. The predicted molar refractivity (Wildman–Crippen MR) is 104 cm³/mol. The highest BCUT2D eigenvalue weighted by atomic mass is 32.2. The third-order valence-electron chi connectivity index (χ3n) is 5.08. The molecule has 7 nitrogen and oxygen atoms in total. The Labute approximate surface area is 176 Å². The minimum Gasteiger partial charge on any atom is -0.261 e. The van der Waals surface area contributed by atoms with Gasteiger partial charge in [-0.3, -0.25) is 5.10 Å². The number of benzene rings is 2. The van der Waals surface area contributed by atoms with Crippen LogP contribution in [0.25, 0.3) is 11.4 Å². The van der Waals surface area contributed by atoms with E-state index < -0.39 is 38.3 Å². The van der Waals surface area contributed by atoms with Crippen molar-refractivity contribution in [2.75, 3.05) is 6.54 Å². The Morgan fingerprint density at radius 3 is 2.58 bits per heavy atom. The number of halogens is 3. The van der Waals surface area contributed by atoms with Crippen LogP contribution >= 0.6 is 0 Å². The highest BCUT2D eigenvalue weighted by Crippen LogP contribution is 2.38. The molecule has 1 atom stereocenters. The average molecular weight is 447 g/mol. The van der Waals surface area contributed by atoms with Crippen molar-refractivity contribution < 1.29 is 21.6 Å². The minimum absolute atomic E-state index is 0.135. The Balaban J connectivity index is 1.69. The first-order valence-electron chi connectivity index (χ1n) is 9.33. The van der Waals surface area contributed by atoms with Gasteiger partial charge in [0.1, 0.15) is 5.82 Å². The fourth-order valence-corrected chi connectivity index (χ4v) is 5.28. The number of H-pyrrole nitrogens is 1. The van der Waals surface area contributed by atoms with Gasteiger partial charge in [-0.05, 0) is 31.0 Å². The van der Waals surface area contributed by atoms with Crippen LogP contribution in [-0.4, -0.2) is 34.4 Å².